The van der Waals surface area contributed by atoms with Gasteiger partial charge >= 0.3 is 10.2 Å². The van der Waals surface area contributed by atoms with E-state index < -0.39 is 10.2 Å². The zero-order valence-electron chi connectivity index (χ0n) is 11.8. The maximum atomic E-state index is 12.4. The molecule has 0 amide bonds. The van der Waals surface area contributed by atoms with Crippen LogP contribution in [0.1, 0.15) is 12.8 Å². The molecule has 1 aromatic rings. The highest BCUT2D eigenvalue weighted by molar-refractivity contribution is 9.11. The van der Waals surface area contributed by atoms with Crippen molar-refractivity contribution >= 4 is 47.8 Å². The lowest BCUT2D eigenvalue weighted by Gasteiger charge is -2.31. The number of rotatable bonds is 5. The highest BCUT2D eigenvalue weighted by Gasteiger charge is 2.28. The minimum atomic E-state index is -3.50. The quantitative estimate of drug-likeness (QED) is 0.739. The molecule has 0 saturated carbocycles. The van der Waals surface area contributed by atoms with Crippen molar-refractivity contribution in [2.75, 3.05) is 31.4 Å². The summed E-state index contributed by atoms with van der Waals surface area (Å²) in [6.45, 7) is 2.07. The molecule has 2 N–H and O–H groups in total. The van der Waals surface area contributed by atoms with Crippen LogP contribution in [0.4, 0.5) is 5.69 Å². The molecule has 1 aliphatic heterocycles. The number of hydrogen-bond donors (Lipinski definition) is 2. The van der Waals surface area contributed by atoms with Crippen molar-refractivity contribution in [3.05, 3.63) is 27.1 Å². The Kier molecular flexibility index (Phi) is 6.07. The van der Waals surface area contributed by atoms with Crippen LogP contribution in [0.15, 0.2) is 27.1 Å². The maximum absolute atomic E-state index is 12.4. The first-order valence-corrected chi connectivity index (χ1v) is 9.82. The van der Waals surface area contributed by atoms with Gasteiger partial charge in [-0.15, -0.1) is 0 Å². The van der Waals surface area contributed by atoms with Crippen LogP contribution in [0.25, 0.3) is 0 Å². The summed E-state index contributed by atoms with van der Waals surface area (Å²) in [4.78, 5) is 0. The predicted octanol–water partition coefficient (Wildman–Crippen LogP) is 2.80. The largest absolute Gasteiger partial charge is 0.319 e. The number of benzene rings is 1. The standard InChI is InChI=1S/C13H19Br2N3O2S/c1-16-9-10-4-6-18(7-5-10)21(19,20)17-13-8-11(14)2-3-12(13)15/h2-3,8,10,16-17H,4-7,9H2,1H3. The molecule has 2 rings (SSSR count). The number of nitrogens with one attached hydrogen (secondary N) is 2. The molecule has 0 radical (unpaired) electrons. The molecule has 5 nitrogen and oxygen atoms in total. The zero-order chi connectivity index (χ0) is 15.5. The third-order valence-electron chi connectivity index (χ3n) is 3.57. The molecule has 0 aliphatic carbocycles. The van der Waals surface area contributed by atoms with Crippen molar-refractivity contribution < 1.29 is 8.42 Å². The second kappa shape index (κ2) is 7.41. The van der Waals surface area contributed by atoms with Gasteiger partial charge in [-0.2, -0.15) is 12.7 Å². The van der Waals surface area contributed by atoms with E-state index in [2.05, 4.69) is 41.9 Å². The van der Waals surface area contributed by atoms with Gasteiger partial charge < -0.3 is 5.32 Å². The average Bonchev–Trinajstić information content (AvgIpc) is 2.44. The zero-order valence-corrected chi connectivity index (χ0v) is 15.8. The fourth-order valence-electron chi connectivity index (χ4n) is 2.42. The summed E-state index contributed by atoms with van der Waals surface area (Å²) >= 11 is 6.71. The topological polar surface area (TPSA) is 61.4 Å². The van der Waals surface area contributed by atoms with Crippen LogP contribution in [0, 0.1) is 5.92 Å². The smallest absolute Gasteiger partial charge is 0.301 e. The van der Waals surface area contributed by atoms with E-state index in [1.54, 1.807) is 12.1 Å². The third-order valence-corrected chi connectivity index (χ3v) is 6.28. The van der Waals surface area contributed by atoms with Crippen molar-refractivity contribution in [1.29, 1.82) is 0 Å². The third kappa shape index (κ3) is 4.66. The summed E-state index contributed by atoms with van der Waals surface area (Å²) in [6.07, 6.45) is 1.78. The Morgan fingerprint density at radius 2 is 1.95 bits per heavy atom. The predicted molar refractivity (Wildman–Crippen MR) is 92.6 cm³/mol. The second-order valence-corrected chi connectivity index (χ2v) is 8.57. The first kappa shape index (κ1) is 17.2. The van der Waals surface area contributed by atoms with Crippen molar-refractivity contribution in [3.63, 3.8) is 0 Å². The van der Waals surface area contributed by atoms with Gasteiger partial charge in [-0.1, -0.05) is 15.9 Å². The molecule has 1 heterocycles. The van der Waals surface area contributed by atoms with E-state index in [4.69, 9.17) is 0 Å². The Labute approximate surface area is 142 Å². The number of nitrogens with zero attached hydrogens (tertiary/aromatic N) is 1. The molecule has 0 aromatic heterocycles. The minimum Gasteiger partial charge on any atom is -0.319 e. The molecule has 1 saturated heterocycles. The van der Waals surface area contributed by atoms with Gasteiger partial charge in [0.15, 0.2) is 0 Å². The first-order valence-electron chi connectivity index (χ1n) is 6.80. The van der Waals surface area contributed by atoms with Crippen LogP contribution in [0.3, 0.4) is 0 Å². The second-order valence-electron chi connectivity index (χ2n) is 5.13. The monoisotopic (exact) mass is 439 g/mol. The van der Waals surface area contributed by atoms with E-state index in [-0.39, 0.29) is 0 Å². The maximum Gasteiger partial charge on any atom is 0.301 e. The Morgan fingerprint density at radius 3 is 2.57 bits per heavy atom. The summed E-state index contributed by atoms with van der Waals surface area (Å²) in [5, 5.41) is 3.15. The number of piperidine rings is 1. The highest BCUT2D eigenvalue weighted by Crippen LogP contribution is 2.28. The molecule has 0 bridgehead atoms. The van der Waals surface area contributed by atoms with Crippen LogP contribution >= 0.6 is 31.9 Å². The van der Waals surface area contributed by atoms with Crippen LogP contribution in [0.5, 0.6) is 0 Å². The van der Waals surface area contributed by atoms with Crippen molar-refractivity contribution in [2.24, 2.45) is 5.92 Å². The van der Waals surface area contributed by atoms with E-state index in [9.17, 15) is 8.42 Å². The van der Waals surface area contributed by atoms with Gasteiger partial charge in [0.2, 0.25) is 0 Å². The van der Waals surface area contributed by atoms with Crippen LogP contribution in [0.2, 0.25) is 0 Å². The van der Waals surface area contributed by atoms with Crippen molar-refractivity contribution in [2.45, 2.75) is 12.8 Å². The Balaban J connectivity index is 2.04. The molecule has 1 fully saturated rings. The van der Waals surface area contributed by atoms with E-state index in [1.807, 2.05) is 13.1 Å². The van der Waals surface area contributed by atoms with Gasteiger partial charge in [-0.05, 0) is 66.5 Å². The normalized spacial score (nSPS) is 17.9. The summed E-state index contributed by atoms with van der Waals surface area (Å²) in [5.41, 5.74) is 0.543. The molecule has 8 heteroatoms. The Hall–Kier alpha value is -0.150. The van der Waals surface area contributed by atoms with Gasteiger partial charge in [0, 0.05) is 22.0 Å². The summed E-state index contributed by atoms with van der Waals surface area (Å²) in [7, 11) is -1.58. The SMILES string of the molecule is CNCC1CCN(S(=O)(=O)Nc2cc(Br)ccc2Br)CC1. The summed E-state index contributed by atoms with van der Waals surface area (Å²) < 4.78 is 30.6. The lowest BCUT2D eigenvalue weighted by molar-refractivity contribution is 0.272. The summed E-state index contributed by atoms with van der Waals surface area (Å²) in [6, 6.07) is 5.40. The van der Waals surface area contributed by atoms with Gasteiger partial charge in [0.25, 0.3) is 0 Å². The molecule has 118 valence electrons. The molecule has 21 heavy (non-hydrogen) atoms. The Bertz CT molecular complexity index is 587. The minimum absolute atomic E-state index is 0.543. The van der Waals surface area contributed by atoms with E-state index in [0.29, 0.717) is 24.7 Å². The van der Waals surface area contributed by atoms with Crippen molar-refractivity contribution in [3.8, 4) is 0 Å². The van der Waals surface area contributed by atoms with Crippen LogP contribution in [-0.4, -0.2) is 39.4 Å². The van der Waals surface area contributed by atoms with Crippen LogP contribution in [-0.2, 0) is 10.2 Å². The van der Waals surface area contributed by atoms with Crippen LogP contribution < -0.4 is 10.0 Å². The number of hydrogen-bond acceptors (Lipinski definition) is 3. The Morgan fingerprint density at radius 1 is 1.29 bits per heavy atom. The van der Waals surface area contributed by atoms with E-state index in [0.717, 1.165) is 28.3 Å². The van der Waals surface area contributed by atoms with Crippen molar-refractivity contribution in [1.82, 2.24) is 9.62 Å². The molecule has 0 spiro atoms. The molecule has 1 aliphatic rings. The lowest BCUT2D eigenvalue weighted by atomic mass is 9.98. The molecular weight excluding hydrogens is 422 g/mol. The fourth-order valence-corrected chi connectivity index (χ4v) is 4.53. The highest BCUT2D eigenvalue weighted by atomic mass is 79.9. The molecule has 0 unspecified atom stereocenters. The van der Waals surface area contributed by atoms with E-state index in [1.165, 1.54) is 4.31 Å². The fraction of sp³-hybridized carbons (Fsp3) is 0.538. The molecular formula is C13H19Br2N3O2S. The average molecular weight is 441 g/mol. The first-order chi connectivity index (χ1) is 9.92. The molecule has 0 atom stereocenters. The van der Waals surface area contributed by atoms with Gasteiger partial charge in [-0.3, -0.25) is 4.72 Å². The van der Waals surface area contributed by atoms with Gasteiger partial charge in [0.1, 0.15) is 0 Å². The van der Waals surface area contributed by atoms with E-state index >= 15 is 0 Å². The number of anilines is 1. The summed E-state index contributed by atoms with van der Waals surface area (Å²) in [5.74, 6) is 0.555. The number of halogens is 2. The van der Waals surface area contributed by atoms with Gasteiger partial charge in [0.05, 0.1) is 5.69 Å². The lowest BCUT2D eigenvalue weighted by Crippen LogP contribution is -2.43. The molecule has 1 aromatic carbocycles. The van der Waals surface area contributed by atoms with Gasteiger partial charge in [-0.25, -0.2) is 0 Å².